The van der Waals surface area contributed by atoms with Gasteiger partial charge in [0.2, 0.25) is 0 Å². The van der Waals surface area contributed by atoms with E-state index in [2.05, 4.69) is 4.37 Å². The number of halogens is 1. The molecule has 0 bridgehead atoms. The van der Waals surface area contributed by atoms with E-state index in [1.807, 2.05) is 19.1 Å². The summed E-state index contributed by atoms with van der Waals surface area (Å²) in [7, 11) is 3.16. The number of hydrogen-bond donors (Lipinski definition) is 0. The minimum absolute atomic E-state index is 0.828. The maximum atomic E-state index is 5.93. The van der Waals surface area contributed by atoms with Gasteiger partial charge in [-0.25, -0.2) is 0 Å². The quantitative estimate of drug-likeness (QED) is 0.470. The number of hydrogen-bond acceptors (Lipinski definition) is 2. The molecule has 1 aromatic heterocycles. The number of aromatic nitrogens is 1. The van der Waals surface area contributed by atoms with E-state index in [0.29, 0.717) is 0 Å². The van der Waals surface area contributed by atoms with Crippen LogP contribution in [0.4, 0.5) is 0 Å². The average molecular weight is 203 g/mol. The lowest BCUT2D eigenvalue weighted by Crippen LogP contribution is -1.73. The molecule has 0 atom stereocenters. The predicted molar refractivity (Wildman–Crippen MR) is 51.7 cm³/mol. The highest BCUT2D eigenvalue weighted by Crippen LogP contribution is 2.27. The Hall–Kier alpha value is -0.250. The topological polar surface area (TPSA) is 12.9 Å². The van der Waals surface area contributed by atoms with Crippen LogP contribution in [0.1, 0.15) is 5.56 Å². The Bertz CT molecular complexity index is 360. The summed E-state index contributed by atoms with van der Waals surface area (Å²) in [6.45, 7) is 1.99. The van der Waals surface area contributed by atoms with Crippen LogP contribution in [-0.4, -0.2) is 4.37 Å². The molecule has 0 saturated heterocycles. The summed E-state index contributed by atoms with van der Waals surface area (Å²) in [5.41, 5.74) is 2.15. The summed E-state index contributed by atoms with van der Waals surface area (Å²) in [5.74, 6) is 0. The highest BCUT2D eigenvalue weighted by molar-refractivity contribution is 7.69. The normalized spacial score (nSPS) is 10.7. The third kappa shape index (κ3) is 1.24. The van der Waals surface area contributed by atoms with Crippen molar-refractivity contribution in [3.05, 3.63) is 22.7 Å². The molecule has 0 aliphatic rings. The van der Waals surface area contributed by atoms with E-state index in [0.717, 1.165) is 16.1 Å². The summed E-state index contributed by atoms with van der Waals surface area (Å²) in [4.78, 5) is 0. The van der Waals surface area contributed by atoms with E-state index in [4.69, 9.17) is 11.6 Å². The van der Waals surface area contributed by atoms with E-state index in [9.17, 15) is 0 Å². The van der Waals surface area contributed by atoms with Crippen LogP contribution in [0.3, 0.4) is 0 Å². The number of fused-ring (bicyclic) bond motifs is 1. The Morgan fingerprint density at radius 2 is 2.36 bits per heavy atom. The Kier molecular flexibility index (Phi) is 1.79. The number of rotatable bonds is 0. The third-order valence-corrected chi connectivity index (χ3v) is 3.75. The summed E-state index contributed by atoms with van der Waals surface area (Å²) >= 11 is 5.93. The zero-order valence-electron chi connectivity index (χ0n) is 5.80. The molecule has 0 amide bonds. The average Bonchev–Trinajstić information content (AvgIpc) is 2.36. The summed E-state index contributed by atoms with van der Waals surface area (Å²) in [6, 6.07) is 3.99. The van der Waals surface area contributed by atoms with E-state index < -0.39 is 0 Å². The molecule has 0 fully saturated rings. The van der Waals surface area contributed by atoms with Crippen LogP contribution < -0.4 is 0 Å². The van der Waals surface area contributed by atoms with Gasteiger partial charge in [0.25, 0.3) is 15.2 Å². The second-order valence-corrected chi connectivity index (χ2v) is 4.61. The molecule has 0 radical (unpaired) electrons. The van der Waals surface area contributed by atoms with E-state index >= 15 is 0 Å². The monoisotopic (exact) mass is 202 g/mol. The largest absolute Gasteiger partial charge is 0.323 e. The number of aryl methyl sites for hydroxylation is 1. The van der Waals surface area contributed by atoms with Gasteiger partial charge in [0, 0.05) is 11.1 Å². The van der Waals surface area contributed by atoms with Crippen LogP contribution in [0, 0.1) is 6.92 Å². The Morgan fingerprint density at radius 1 is 1.55 bits per heavy atom. The van der Waals surface area contributed by atoms with Crippen LogP contribution in [0.2, 0.25) is 5.02 Å². The van der Waals surface area contributed by atoms with E-state index in [1.165, 1.54) is 15.2 Å². The Morgan fingerprint density at radius 3 is 3.18 bits per heavy atom. The molecule has 0 aliphatic carbocycles. The highest BCUT2D eigenvalue weighted by atomic mass is 35.5. The molecule has 2 aromatic rings. The standard InChI is InChI=1S/C7H5ClNS2/c1-4-2-6-7(3-5(4)8)10-11-9-6/h2-3H,1H3/q+1. The Balaban J connectivity index is 2.86. The maximum Gasteiger partial charge on any atom is 0.323 e. The fraction of sp³-hybridized carbons (Fsp3) is 0.143. The van der Waals surface area contributed by atoms with Crippen LogP contribution in [0.5, 0.6) is 0 Å². The van der Waals surface area contributed by atoms with Gasteiger partial charge in [-0.15, -0.1) is 4.37 Å². The van der Waals surface area contributed by atoms with Gasteiger partial charge in [-0.2, -0.15) is 0 Å². The molecule has 4 heteroatoms. The first kappa shape index (κ1) is 7.40. The zero-order chi connectivity index (χ0) is 7.84. The molecule has 0 saturated carbocycles. The smallest absolute Gasteiger partial charge is 0.135 e. The van der Waals surface area contributed by atoms with Gasteiger partial charge in [0.1, 0.15) is 5.52 Å². The van der Waals surface area contributed by atoms with Crippen LogP contribution in [-0.2, 0) is 0 Å². The van der Waals surface area contributed by atoms with Crippen molar-refractivity contribution < 1.29 is 0 Å². The summed E-state index contributed by atoms with van der Waals surface area (Å²) < 4.78 is 5.39. The summed E-state index contributed by atoms with van der Waals surface area (Å²) in [5, 5.41) is 0.828. The van der Waals surface area contributed by atoms with Crippen molar-refractivity contribution >= 4 is 42.7 Å². The van der Waals surface area contributed by atoms with E-state index in [1.54, 1.807) is 10.3 Å². The first-order chi connectivity index (χ1) is 5.27. The fourth-order valence-electron chi connectivity index (χ4n) is 0.885. The maximum absolute atomic E-state index is 5.93. The summed E-state index contributed by atoms with van der Waals surface area (Å²) in [6.07, 6.45) is 0. The van der Waals surface area contributed by atoms with Crippen molar-refractivity contribution in [1.82, 2.24) is 4.37 Å². The van der Waals surface area contributed by atoms with Gasteiger partial charge >= 0.3 is 10.3 Å². The fourth-order valence-corrected chi connectivity index (χ4v) is 2.87. The molecule has 1 heterocycles. The molecule has 1 aromatic carbocycles. The lowest BCUT2D eigenvalue weighted by atomic mass is 10.2. The highest BCUT2D eigenvalue weighted by Gasteiger charge is 2.10. The molecule has 2 rings (SSSR count). The predicted octanol–water partition coefficient (Wildman–Crippen LogP) is 3.60. The third-order valence-electron chi connectivity index (χ3n) is 1.50. The second kappa shape index (κ2) is 2.66. The van der Waals surface area contributed by atoms with Gasteiger partial charge < -0.3 is 0 Å². The molecule has 0 aliphatic heterocycles. The van der Waals surface area contributed by atoms with Crippen LogP contribution in [0.15, 0.2) is 12.1 Å². The van der Waals surface area contributed by atoms with Crippen molar-refractivity contribution in [1.29, 1.82) is 0 Å². The van der Waals surface area contributed by atoms with Crippen molar-refractivity contribution in [3.63, 3.8) is 0 Å². The second-order valence-electron chi connectivity index (χ2n) is 2.32. The molecular formula is C7H5ClNS2+. The van der Waals surface area contributed by atoms with Crippen LogP contribution in [0.25, 0.3) is 10.2 Å². The first-order valence-electron chi connectivity index (χ1n) is 3.12. The molecule has 1 nitrogen and oxygen atoms in total. The first-order valence-corrected chi connectivity index (χ1v) is 5.61. The van der Waals surface area contributed by atoms with E-state index in [-0.39, 0.29) is 0 Å². The SMILES string of the molecule is Cc1cc2ns[s+]c2cc1Cl. The molecule has 0 N–H and O–H groups in total. The van der Waals surface area contributed by atoms with Crippen molar-refractivity contribution in [2.45, 2.75) is 6.92 Å². The van der Waals surface area contributed by atoms with Gasteiger partial charge in [-0.1, -0.05) is 11.6 Å². The minimum Gasteiger partial charge on any atom is -0.135 e. The van der Waals surface area contributed by atoms with Crippen LogP contribution >= 0.6 is 32.5 Å². The molecule has 56 valence electrons. The lowest BCUT2D eigenvalue weighted by molar-refractivity contribution is 1.49. The Labute approximate surface area is 76.8 Å². The van der Waals surface area contributed by atoms with Gasteiger partial charge in [0.15, 0.2) is 0 Å². The zero-order valence-corrected chi connectivity index (χ0v) is 8.19. The molecular weight excluding hydrogens is 198 g/mol. The van der Waals surface area contributed by atoms with Gasteiger partial charge in [-0.3, -0.25) is 0 Å². The molecule has 0 spiro atoms. The molecule has 0 unspecified atom stereocenters. The minimum atomic E-state index is 0.828. The molecule has 11 heavy (non-hydrogen) atoms. The van der Waals surface area contributed by atoms with Gasteiger partial charge in [-0.05, 0) is 18.6 Å². The van der Waals surface area contributed by atoms with Crippen molar-refractivity contribution in [2.24, 2.45) is 0 Å². The number of nitrogens with zero attached hydrogens (tertiary/aromatic N) is 1. The lowest BCUT2D eigenvalue weighted by Gasteiger charge is -1.90. The van der Waals surface area contributed by atoms with Crippen molar-refractivity contribution in [3.8, 4) is 0 Å². The van der Waals surface area contributed by atoms with Gasteiger partial charge in [0.05, 0.1) is 0 Å². The number of benzene rings is 1. The van der Waals surface area contributed by atoms with Crippen molar-refractivity contribution in [2.75, 3.05) is 0 Å².